The van der Waals surface area contributed by atoms with E-state index in [1.165, 1.54) is 0 Å². The molecule has 1 aromatic carbocycles. The third-order valence-electron chi connectivity index (χ3n) is 3.68. The van der Waals surface area contributed by atoms with Crippen molar-refractivity contribution in [2.45, 2.75) is 25.1 Å². The molecule has 1 saturated heterocycles. The zero-order chi connectivity index (χ0) is 18.4. The van der Waals surface area contributed by atoms with Gasteiger partial charge in [0.2, 0.25) is 0 Å². The van der Waals surface area contributed by atoms with E-state index in [1.807, 2.05) is 0 Å². The van der Waals surface area contributed by atoms with Gasteiger partial charge in [0, 0.05) is 0 Å². The number of hydrogen-bond donors (Lipinski definition) is 3. The van der Waals surface area contributed by atoms with Gasteiger partial charge < -0.3 is 15.2 Å². The van der Waals surface area contributed by atoms with Crippen LogP contribution in [0.4, 0.5) is 18.0 Å². The summed E-state index contributed by atoms with van der Waals surface area (Å²) in [5.74, 6) is -0.632. The Morgan fingerprint density at radius 2 is 1.84 bits per heavy atom. The van der Waals surface area contributed by atoms with Gasteiger partial charge in [-0.15, -0.1) is 0 Å². The highest BCUT2D eigenvalue weighted by molar-refractivity contribution is 5.80. The number of hydrogen-bond acceptors (Lipinski definition) is 4. The Labute approximate surface area is 141 Å². The first-order valence-electron chi connectivity index (χ1n) is 7.60. The van der Waals surface area contributed by atoms with Crippen molar-refractivity contribution in [3.63, 3.8) is 0 Å². The Balaban J connectivity index is 1.87. The second-order valence-corrected chi connectivity index (χ2v) is 5.48. The minimum absolute atomic E-state index is 0.0758. The number of rotatable bonds is 4. The van der Waals surface area contributed by atoms with Gasteiger partial charge in [0.05, 0.1) is 11.6 Å². The van der Waals surface area contributed by atoms with E-state index in [4.69, 9.17) is 4.74 Å². The summed E-state index contributed by atoms with van der Waals surface area (Å²) < 4.78 is 42.5. The van der Waals surface area contributed by atoms with E-state index in [1.54, 1.807) is 0 Å². The molecule has 2 amide bonds. The number of carbonyl (C=O) groups excluding carboxylic acids is 1. The van der Waals surface area contributed by atoms with E-state index in [9.17, 15) is 27.9 Å². The molecule has 10 heteroatoms. The van der Waals surface area contributed by atoms with Crippen LogP contribution in [0.5, 0.6) is 5.75 Å². The second kappa shape index (κ2) is 8.06. The van der Waals surface area contributed by atoms with Crippen molar-refractivity contribution >= 4 is 12.0 Å². The Bertz CT molecular complexity index is 601. The molecule has 0 spiro atoms. The zero-order valence-corrected chi connectivity index (χ0v) is 13.2. The van der Waals surface area contributed by atoms with Crippen LogP contribution in [-0.2, 0) is 11.0 Å². The highest BCUT2D eigenvalue weighted by Crippen LogP contribution is 2.30. The highest BCUT2D eigenvalue weighted by Gasteiger charge is 2.30. The standard InChI is InChI=1S/C15H18F3N3O4/c16-15(17,18)10-1-3-12(4-2-10)25-9-13(22)20-21(14(23)24)11-5-7-19-8-6-11/h1-4,11,19H,5-9H2,(H,20,22)(H,23,24). The highest BCUT2D eigenvalue weighted by atomic mass is 19.4. The first kappa shape index (κ1) is 18.8. The van der Waals surface area contributed by atoms with Crippen molar-refractivity contribution in [3.8, 4) is 5.75 Å². The Hall–Kier alpha value is -2.49. The number of piperidine rings is 1. The molecule has 138 valence electrons. The fraction of sp³-hybridized carbons (Fsp3) is 0.467. The van der Waals surface area contributed by atoms with E-state index in [0.29, 0.717) is 25.9 Å². The van der Waals surface area contributed by atoms with Crippen LogP contribution in [0.15, 0.2) is 24.3 Å². The van der Waals surface area contributed by atoms with Crippen LogP contribution < -0.4 is 15.5 Å². The smallest absolute Gasteiger partial charge is 0.426 e. The van der Waals surface area contributed by atoms with Crippen molar-refractivity contribution in [2.75, 3.05) is 19.7 Å². The van der Waals surface area contributed by atoms with Crippen LogP contribution in [0.25, 0.3) is 0 Å². The molecule has 1 aliphatic heterocycles. The molecule has 1 fully saturated rings. The summed E-state index contributed by atoms with van der Waals surface area (Å²) in [6.45, 7) is 0.777. The van der Waals surface area contributed by atoms with Crippen molar-refractivity contribution in [1.29, 1.82) is 0 Å². The summed E-state index contributed by atoms with van der Waals surface area (Å²) in [5, 5.41) is 13.1. The fourth-order valence-electron chi connectivity index (χ4n) is 2.42. The average Bonchev–Trinajstić information content (AvgIpc) is 2.58. The maximum absolute atomic E-state index is 12.5. The number of amides is 2. The monoisotopic (exact) mass is 361 g/mol. The van der Waals surface area contributed by atoms with Gasteiger partial charge >= 0.3 is 12.3 Å². The van der Waals surface area contributed by atoms with Gasteiger partial charge in [0.1, 0.15) is 5.75 Å². The lowest BCUT2D eigenvalue weighted by atomic mass is 10.1. The van der Waals surface area contributed by atoms with Gasteiger partial charge in [0.15, 0.2) is 6.61 Å². The molecular weight excluding hydrogens is 343 g/mol. The molecule has 3 N–H and O–H groups in total. The molecule has 0 saturated carbocycles. The molecule has 2 rings (SSSR count). The van der Waals surface area contributed by atoms with Gasteiger partial charge in [-0.3, -0.25) is 10.2 Å². The number of halogens is 3. The van der Waals surface area contributed by atoms with Gasteiger partial charge in [-0.1, -0.05) is 0 Å². The number of nitrogens with zero attached hydrogens (tertiary/aromatic N) is 1. The summed E-state index contributed by atoms with van der Waals surface area (Å²) in [4.78, 5) is 23.1. The number of carbonyl (C=O) groups is 2. The van der Waals surface area contributed by atoms with Crippen molar-refractivity contribution in [2.24, 2.45) is 0 Å². The van der Waals surface area contributed by atoms with Gasteiger partial charge in [-0.25, -0.2) is 9.80 Å². The summed E-state index contributed by atoms with van der Waals surface area (Å²) in [6, 6.07) is 3.53. The molecule has 1 aromatic rings. The van der Waals surface area contributed by atoms with Crippen LogP contribution in [0.1, 0.15) is 18.4 Å². The maximum atomic E-state index is 12.5. The van der Waals surface area contributed by atoms with Crippen LogP contribution >= 0.6 is 0 Å². The average molecular weight is 361 g/mol. The third-order valence-corrected chi connectivity index (χ3v) is 3.68. The van der Waals surface area contributed by atoms with E-state index >= 15 is 0 Å². The zero-order valence-electron chi connectivity index (χ0n) is 13.2. The number of alkyl halides is 3. The SMILES string of the molecule is O=C(COc1ccc(C(F)(F)F)cc1)NN(C(=O)O)C1CCNCC1. The lowest BCUT2D eigenvalue weighted by Gasteiger charge is -2.32. The lowest BCUT2D eigenvalue weighted by molar-refractivity contribution is -0.137. The number of ether oxygens (including phenoxy) is 1. The topological polar surface area (TPSA) is 90.9 Å². The Morgan fingerprint density at radius 1 is 1.24 bits per heavy atom. The molecule has 25 heavy (non-hydrogen) atoms. The van der Waals surface area contributed by atoms with Crippen LogP contribution in [-0.4, -0.2) is 47.9 Å². The molecule has 1 aliphatic rings. The number of carboxylic acid groups (broad SMARTS) is 1. The maximum Gasteiger partial charge on any atom is 0.426 e. The quantitative estimate of drug-likeness (QED) is 0.712. The van der Waals surface area contributed by atoms with Gasteiger partial charge in [-0.05, 0) is 50.2 Å². The predicted octanol–water partition coefficient (Wildman–Crippen LogP) is 1.85. The van der Waals surface area contributed by atoms with Crippen LogP contribution in [0.2, 0.25) is 0 Å². The van der Waals surface area contributed by atoms with Crippen molar-refractivity contribution < 1.29 is 32.6 Å². The summed E-state index contributed by atoms with van der Waals surface area (Å²) in [5.41, 5.74) is 1.43. The molecule has 1 heterocycles. The molecular formula is C15H18F3N3O4. The molecule has 7 nitrogen and oxygen atoms in total. The molecule has 0 radical (unpaired) electrons. The molecule has 0 atom stereocenters. The summed E-state index contributed by atoms with van der Waals surface area (Å²) in [7, 11) is 0. The molecule has 0 aromatic heterocycles. The van der Waals surface area contributed by atoms with Crippen LogP contribution in [0, 0.1) is 0 Å². The lowest BCUT2D eigenvalue weighted by Crippen LogP contribution is -2.55. The second-order valence-electron chi connectivity index (χ2n) is 5.48. The van der Waals surface area contributed by atoms with Crippen molar-refractivity contribution in [3.05, 3.63) is 29.8 Å². The summed E-state index contributed by atoms with van der Waals surface area (Å²) >= 11 is 0. The molecule has 0 unspecified atom stereocenters. The van der Waals surface area contributed by atoms with E-state index in [0.717, 1.165) is 29.3 Å². The predicted molar refractivity (Wildman–Crippen MR) is 80.8 cm³/mol. The van der Waals surface area contributed by atoms with Crippen molar-refractivity contribution in [1.82, 2.24) is 15.8 Å². The first-order valence-corrected chi connectivity index (χ1v) is 7.60. The largest absolute Gasteiger partial charge is 0.484 e. The number of hydrazine groups is 1. The van der Waals surface area contributed by atoms with E-state index < -0.39 is 30.3 Å². The summed E-state index contributed by atoms with van der Waals surface area (Å²) in [6.07, 6.45) is -4.61. The van der Waals surface area contributed by atoms with Gasteiger partial charge in [0.25, 0.3) is 5.91 Å². The Morgan fingerprint density at radius 3 is 2.36 bits per heavy atom. The number of benzene rings is 1. The number of nitrogens with one attached hydrogen (secondary N) is 2. The van der Waals surface area contributed by atoms with Gasteiger partial charge in [-0.2, -0.15) is 13.2 Å². The third kappa shape index (κ3) is 5.52. The van der Waals surface area contributed by atoms with Crippen LogP contribution in [0.3, 0.4) is 0 Å². The normalized spacial score (nSPS) is 15.5. The molecule has 0 bridgehead atoms. The van der Waals surface area contributed by atoms with E-state index in [2.05, 4.69) is 10.7 Å². The Kier molecular flexibility index (Phi) is 6.07. The van der Waals surface area contributed by atoms with E-state index in [-0.39, 0.29) is 11.8 Å². The molecule has 0 aliphatic carbocycles. The first-order chi connectivity index (χ1) is 11.8. The fourth-order valence-corrected chi connectivity index (χ4v) is 2.42. The minimum Gasteiger partial charge on any atom is -0.484 e. The minimum atomic E-state index is -4.45.